The van der Waals surface area contributed by atoms with Crippen molar-refractivity contribution in [3.05, 3.63) is 23.8 Å². The van der Waals surface area contributed by atoms with E-state index in [1.54, 1.807) is 37.3 Å². The Hall–Kier alpha value is -1.75. The van der Waals surface area contributed by atoms with E-state index in [0.29, 0.717) is 30.2 Å². The standard InChI is InChI=1S/C13H18N2O3/c1-17-10-3-4-11(12(7-10)18-2)13(16)15-6-5-9(14)8-15/h3-4,7,9H,5-6,8,14H2,1-2H3/t9-/m1/s1. The summed E-state index contributed by atoms with van der Waals surface area (Å²) in [5.41, 5.74) is 6.36. The third kappa shape index (κ3) is 2.41. The molecule has 5 nitrogen and oxygen atoms in total. The van der Waals surface area contributed by atoms with E-state index in [0.717, 1.165) is 6.42 Å². The Morgan fingerprint density at radius 3 is 2.72 bits per heavy atom. The Morgan fingerprint density at radius 1 is 1.39 bits per heavy atom. The molecule has 5 heteroatoms. The topological polar surface area (TPSA) is 64.8 Å². The molecule has 1 aromatic carbocycles. The SMILES string of the molecule is COc1ccc(C(=O)N2CC[C@@H](N)C2)c(OC)c1. The van der Waals surface area contributed by atoms with Gasteiger partial charge in [0.15, 0.2) is 0 Å². The molecule has 1 saturated heterocycles. The molecule has 98 valence electrons. The van der Waals surface area contributed by atoms with Gasteiger partial charge in [0, 0.05) is 25.2 Å². The first-order chi connectivity index (χ1) is 8.65. The lowest BCUT2D eigenvalue weighted by atomic mass is 10.1. The fraction of sp³-hybridized carbons (Fsp3) is 0.462. The number of nitrogens with zero attached hydrogens (tertiary/aromatic N) is 1. The first-order valence-corrected chi connectivity index (χ1v) is 5.92. The van der Waals surface area contributed by atoms with Gasteiger partial charge in [-0.2, -0.15) is 0 Å². The number of methoxy groups -OCH3 is 2. The van der Waals surface area contributed by atoms with Gasteiger partial charge in [-0.05, 0) is 18.6 Å². The fourth-order valence-electron chi connectivity index (χ4n) is 2.12. The van der Waals surface area contributed by atoms with Crippen LogP contribution in [0, 0.1) is 0 Å². The van der Waals surface area contributed by atoms with Gasteiger partial charge in [-0.3, -0.25) is 4.79 Å². The summed E-state index contributed by atoms with van der Waals surface area (Å²) in [4.78, 5) is 14.1. The number of nitrogens with two attached hydrogens (primary N) is 1. The van der Waals surface area contributed by atoms with Crippen molar-refractivity contribution in [2.75, 3.05) is 27.3 Å². The Morgan fingerprint density at radius 2 is 2.17 bits per heavy atom. The molecule has 0 saturated carbocycles. The monoisotopic (exact) mass is 250 g/mol. The molecule has 1 aliphatic heterocycles. The second-order valence-corrected chi connectivity index (χ2v) is 4.37. The van der Waals surface area contributed by atoms with E-state index in [2.05, 4.69) is 0 Å². The van der Waals surface area contributed by atoms with Crippen molar-refractivity contribution in [3.63, 3.8) is 0 Å². The van der Waals surface area contributed by atoms with Crippen LogP contribution in [-0.2, 0) is 0 Å². The molecule has 1 heterocycles. The zero-order valence-corrected chi connectivity index (χ0v) is 10.7. The lowest BCUT2D eigenvalue weighted by Crippen LogP contribution is -2.32. The summed E-state index contributed by atoms with van der Waals surface area (Å²) in [6.45, 7) is 1.31. The highest BCUT2D eigenvalue weighted by molar-refractivity contribution is 5.97. The molecule has 1 atom stereocenters. The number of carbonyl (C=O) groups is 1. The Kier molecular flexibility index (Phi) is 3.72. The van der Waals surface area contributed by atoms with E-state index in [9.17, 15) is 4.79 Å². The molecule has 1 fully saturated rings. The fourth-order valence-corrected chi connectivity index (χ4v) is 2.12. The predicted octanol–water partition coefficient (Wildman–Crippen LogP) is 0.877. The maximum atomic E-state index is 12.3. The molecular formula is C13H18N2O3. The molecule has 0 bridgehead atoms. The third-order valence-corrected chi connectivity index (χ3v) is 3.15. The Bertz CT molecular complexity index is 448. The van der Waals surface area contributed by atoms with Crippen molar-refractivity contribution >= 4 is 5.91 Å². The van der Waals surface area contributed by atoms with E-state index >= 15 is 0 Å². The average Bonchev–Trinajstić information content (AvgIpc) is 2.83. The largest absolute Gasteiger partial charge is 0.497 e. The number of hydrogen-bond donors (Lipinski definition) is 1. The summed E-state index contributed by atoms with van der Waals surface area (Å²) in [5.74, 6) is 1.16. The maximum Gasteiger partial charge on any atom is 0.257 e. The number of amides is 1. The van der Waals surface area contributed by atoms with Crippen LogP contribution in [0.5, 0.6) is 11.5 Å². The lowest BCUT2D eigenvalue weighted by Gasteiger charge is -2.18. The van der Waals surface area contributed by atoms with E-state index in [4.69, 9.17) is 15.2 Å². The minimum absolute atomic E-state index is 0.0394. The van der Waals surface area contributed by atoms with E-state index in [-0.39, 0.29) is 11.9 Å². The molecular weight excluding hydrogens is 232 g/mol. The molecule has 0 aliphatic carbocycles. The highest BCUT2D eigenvalue weighted by atomic mass is 16.5. The van der Waals surface area contributed by atoms with Crippen LogP contribution in [0.2, 0.25) is 0 Å². The van der Waals surface area contributed by atoms with Crippen molar-refractivity contribution in [3.8, 4) is 11.5 Å². The molecule has 0 unspecified atom stereocenters. The summed E-state index contributed by atoms with van der Waals surface area (Å²) in [5, 5.41) is 0. The summed E-state index contributed by atoms with van der Waals surface area (Å²) < 4.78 is 10.3. The first kappa shape index (κ1) is 12.7. The second-order valence-electron chi connectivity index (χ2n) is 4.37. The molecule has 1 aromatic rings. The molecule has 2 rings (SSSR count). The molecule has 1 amide bonds. The molecule has 18 heavy (non-hydrogen) atoms. The van der Waals surface area contributed by atoms with Gasteiger partial charge >= 0.3 is 0 Å². The smallest absolute Gasteiger partial charge is 0.257 e. The number of benzene rings is 1. The normalized spacial score (nSPS) is 18.8. The lowest BCUT2D eigenvalue weighted by molar-refractivity contribution is 0.0787. The van der Waals surface area contributed by atoms with E-state index in [1.807, 2.05) is 0 Å². The third-order valence-electron chi connectivity index (χ3n) is 3.15. The predicted molar refractivity (Wildman–Crippen MR) is 68.0 cm³/mol. The van der Waals surface area contributed by atoms with Crippen LogP contribution in [0.1, 0.15) is 16.8 Å². The van der Waals surface area contributed by atoms with Gasteiger partial charge in [0.1, 0.15) is 11.5 Å². The van der Waals surface area contributed by atoms with Crippen LogP contribution < -0.4 is 15.2 Å². The summed E-state index contributed by atoms with van der Waals surface area (Å²) in [6, 6.07) is 5.27. The van der Waals surface area contributed by atoms with Gasteiger partial charge < -0.3 is 20.1 Å². The van der Waals surface area contributed by atoms with Crippen molar-refractivity contribution < 1.29 is 14.3 Å². The Balaban J connectivity index is 2.24. The molecule has 0 spiro atoms. The average molecular weight is 250 g/mol. The highest BCUT2D eigenvalue weighted by Crippen LogP contribution is 2.26. The van der Waals surface area contributed by atoms with Gasteiger partial charge in [-0.15, -0.1) is 0 Å². The zero-order valence-electron chi connectivity index (χ0n) is 10.7. The highest BCUT2D eigenvalue weighted by Gasteiger charge is 2.26. The van der Waals surface area contributed by atoms with Gasteiger partial charge in [0.2, 0.25) is 0 Å². The van der Waals surface area contributed by atoms with E-state index < -0.39 is 0 Å². The summed E-state index contributed by atoms with van der Waals surface area (Å²) in [6.07, 6.45) is 0.851. The summed E-state index contributed by atoms with van der Waals surface area (Å²) >= 11 is 0. The quantitative estimate of drug-likeness (QED) is 0.864. The van der Waals surface area contributed by atoms with Gasteiger partial charge in [0.05, 0.1) is 19.8 Å². The van der Waals surface area contributed by atoms with Crippen LogP contribution in [0.15, 0.2) is 18.2 Å². The number of rotatable bonds is 3. The molecule has 2 N–H and O–H groups in total. The molecule has 1 aliphatic rings. The van der Waals surface area contributed by atoms with Gasteiger partial charge in [-0.25, -0.2) is 0 Å². The first-order valence-electron chi connectivity index (χ1n) is 5.92. The van der Waals surface area contributed by atoms with Crippen LogP contribution in [0.3, 0.4) is 0 Å². The number of likely N-dealkylation sites (tertiary alicyclic amines) is 1. The Labute approximate surface area is 106 Å². The van der Waals surface area contributed by atoms with Crippen LogP contribution >= 0.6 is 0 Å². The van der Waals surface area contributed by atoms with Crippen LogP contribution in [0.25, 0.3) is 0 Å². The van der Waals surface area contributed by atoms with Gasteiger partial charge in [-0.1, -0.05) is 0 Å². The zero-order chi connectivity index (χ0) is 13.1. The number of hydrogen-bond acceptors (Lipinski definition) is 4. The minimum atomic E-state index is -0.0394. The van der Waals surface area contributed by atoms with Crippen molar-refractivity contribution in [2.24, 2.45) is 5.73 Å². The number of ether oxygens (including phenoxy) is 2. The van der Waals surface area contributed by atoms with Gasteiger partial charge in [0.25, 0.3) is 5.91 Å². The molecule has 0 radical (unpaired) electrons. The summed E-state index contributed by atoms with van der Waals surface area (Å²) in [7, 11) is 3.12. The maximum absolute atomic E-state index is 12.3. The van der Waals surface area contributed by atoms with E-state index in [1.165, 1.54) is 0 Å². The van der Waals surface area contributed by atoms with Crippen molar-refractivity contribution in [1.29, 1.82) is 0 Å². The number of carbonyl (C=O) groups excluding carboxylic acids is 1. The van der Waals surface area contributed by atoms with Crippen molar-refractivity contribution in [1.82, 2.24) is 4.90 Å². The second kappa shape index (κ2) is 5.27. The van der Waals surface area contributed by atoms with Crippen molar-refractivity contribution in [2.45, 2.75) is 12.5 Å². The minimum Gasteiger partial charge on any atom is -0.497 e. The molecule has 0 aromatic heterocycles. The van der Waals surface area contributed by atoms with Crippen LogP contribution in [-0.4, -0.2) is 44.2 Å². The van der Waals surface area contributed by atoms with Crippen LogP contribution in [0.4, 0.5) is 0 Å².